The molecule has 1 aromatic rings. The van der Waals surface area contributed by atoms with Crippen molar-refractivity contribution in [1.82, 2.24) is 4.90 Å². The lowest BCUT2D eigenvalue weighted by molar-refractivity contribution is 0.0696. The van der Waals surface area contributed by atoms with Crippen molar-refractivity contribution in [3.63, 3.8) is 0 Å². The van der Waals surface area contributed by atoms with E-state index in [9.17, 15) is 14.0 Å². The Labute approximate surface area is 108 Å². The van der Waals surface area contributed by atoms with Crippen LogP contribution in [0.15, 0.2) is 18.2 Å². The summed E-state index contributed by atoms with van der Waals surface area (Å²) < 4.78 is 13.1. The molecule has 0 radical (unpaired) electrons. The van der Waals surface area contributed by atoms with Crippen molar-refractivity contribution in [2.75, 3.05) is 31.1 Å². The number of benzene rings is 1. The molecule has 2 N–H and O–H groups in total. The fourth-order valence-corrected chi connectivity index (χ4v) is 2.09. The highest BCUT2D eigenvalue weighted by Gasteiger charge is 2.23. The van der Waals surface area contributed by atoms with E-state index in [0.29, 0.717) is 31.9 Å². The minimum atomic E-state index is -1.20. The molecule has 1 aliphatic heterocycles. The fraction of sp³-hybridized carbons (Fsp3) is 0.333. The third-order valence-electron chi connectivity index (χ3n) is 3.08. The van der Waals surface area contributed by atoms with Crippen LogP contribution in [0.2, 0.25) is 0 Å². The van der Waals surface area contributed by atoms with Crippen molar-refractivity contribution in [1.29, 1.82) is 0 Å². The second-order valence-electron chi connectivity index (χ2n) is 4.22. The van der Waals surface area contributed by atoms with E-state index in [2.05, 4.69) is 0 Å². The first-order chi connectivity index (χ1) is 8.99. The standard InChI is InChI=1S/C12H13FN2O4/c13-8-1-2-10(9(7-8)11(16)17)14-3-5-15(6-4-14)12(18)19/h1-2,7H,3-6H2,(H,16,17)(H,18,19). The van der Waals surface area contributed by atoms with Gasteiger partial charge in [0.05, 0.1) is 11.3 Å². The maximum Gasteiger partial charge on any atom is 0.407 e. The lowest BCUT2D eigenvalue weighted by Crippen LogP contribution is -2.48. The third kappa shape index (κ3) is 2.75. The van der Waals surface area contributed by atoms with Gasteiger partial charge in [0.15, 0.2) is 0 Å². The Morgan fingerprint density at radius 1 is 1.11 bits per heavy atom. The Morgan fingerprint density at radius 3 is 2.26 bits per heavy atom. The first-order valence-electron chi connectivity index (χ1n) is 5.74. The number of carboxylic acid groups (broad SMARTS) is 2. The number of halogens is 1. The predicted molar refractivity (Wildman–Crippen MR) is 65.2 cm³/mol. The van der Waals surface area contributed by atoms with Crippen molar-refractivity contribution >= 4 is 17.7 Å². The van der Waals surface area contributed by atoms with Gasteiger partial charge >= 0.3 is 12.1 Å². The summed E-state index contributed by atoms with van der Waals surface area (Å²) in [4.78, 5) is 24.9. The largest absolute Gasteiger partial charge is 0.478 e. The molecule has 1 aromatic carbocycles. The monoisotopic (exact) mass is 268 g/mol. The van der Waals surface area contributed by atoms with Gasteiger partial charge in [0.1, 0.15) is 5.82 Å². The van der Waals surface area contributed by atoms with Crippen molar-refractivity contribution in [3.05, 3.63) is 29.6 Å². The van der Waals surface area contributed by atoms with Gasteiger partial charge in [0, 0.05) is 26.2 Å². The van der Waals surface area contributed by atoms with Gasteiger partial charge < -0.3 is 20.0 Å². The summed E-state index contributed by atoms with van der Waals surface area (Å²) >= 11 is 0. The molecule has 6 nitrogen and oxygen atoms in total. The number of nitrogens with zero attached hydrogens (tertiary/aromatic N) is 2. The molecule has 1 heterocycles. The number of carbonyl (C=O) groups is 2. The van der Waals surface area contributed by atoms with Gasteiger partial charge in [0.2, 0.25) is 0 Å². The molecule has 1 fully saturated rings. The number of piperazine rings is 1. The highest BCUT2D eigenvalue weighted by Crippen LogP contribution is 2.23. The first-order valence-corrected chi connectivity index (χ1v) is 5.74. The molecule has 1 saturated heterocycles. The summed E-state index contributed by atoms with van der Waals surface area (Å²) in [6, 6.07) is 3.59. The van der Waals surface area contributed by atoms with Crippen LogP contribution >= 0.6 is 0 Å². The Balaban J connectivity index is 2.20. The van der Waals surface area contributed by atoms with Crippen LogP contribution in [-0.4, -0.2) is 53.4 Å². The lowest BCUT2D eigenvalue weighted by Gasteiger charge is -2.35. The SMILES string of the molecule is O=C(O)c1cc(F)ccc1N1CCN(C(=O)O)CC1. The topological polar surface area (TPSA) is 81.1 Å². The van der Waals surface area contributed by atoms with Crippen LogP contribution in [0.5, 0.6) is 0 Å². The summed E-state index contributed by atoms with van der Waals surface area (Å²) in [7, 11) is 0. The average Bonchev–Trinajstić information content (AvgIpc) is 2.38. The maximum atomic E-state index is 13.1. The van der Waals surface area contributed by atoms with Gasteiger partial charge in [-0.25, -0.2) is 14.0 Å². The van der Waals surface area contributed by atoms with Crippen LogP contribution in [0.4, 0.5) is 14.9 Å². The van der Waals surface area contributed by atoms with Gasteiger partial charge in [-0.3, -0.25) is 0 Å². The molecule has 1 amide bonds. The van der Waals surface area contributed by atoms with E-state index in [1.54, 1.807) is 4.90 Å². The minimum absolute atomic E-state index is 0.108. The summed E-state index contributed by atoms with van der Waals surface area (Å²) in [5.41, 5.74) is 0.308. The first kappa shape index (κ1) is 13.1. The molecule has 102 valence electrons. The highest BCUT2D eigenvalue weighted by molar-refractivity contribution is 5.94. The average molecular weight is 268 g/mol. The summed E-state index contributed by atoms with van der Waals surface area (Å²) in [5.74, 6) is -1.81. The highest BCUT2D eigenvalue weighted by atomic mass is 19.1. The summed E-state index contributed by atoms with van der Waals surface area (Å²) in [6.07, 6.45) is -0.989. The number of anilines is 1. The fourth-order valence-electron chi connectivity index (χ4n) is 2.09. The molecule has 0 unspecified atom stereocenters. The van der Waals surface area contributed by atoms with Crippen LogP contribution in [-0.2, 0) is 0 Å². The second-order valence-corrected chi connectivity index (χ2v) is 4.22. The normalized spacial score (nSPS) is 15.4. The Hall–Kier alpha value is -2.31. The van der Waals surface area contributed by atoms with E-state index in [1.807, 2.05) is 0 Å². The van der Waals surface area contributed by atoms with Crippen LogP contribution in [0.1, 0.15) is 10.4 Å². The minimum Gasteiger partial charge on any atom is -0.478 e. The van der Waals surface area contributed by atoms with Gasteiger partial charge in [-0.05, 0) is 18.2 Å². The third-order valence-corrected chi connectivity index (χ3v) is 3.08. The number of amides is 1. The van der Waals surface area contributed by atoms with E-state index in [0.717, 1.165) is 6.07 Å². The molecular formula is C12H13FN2O4. The van der Waals surface area contributed by atoms with E-state index < -0.39 is 17.9 Å². The number of carboxylic acids is 1. The van der Waals surface area contributed by atoms with E-state index >= 15 is 0 Å². The van der Waals surface area contributed by atoms with Crippen LogP contribution in [0, 0.1) is 5.82 Å². The van der Waals surface area contributed by atoms with E-state index in [-0.39, 0.29) is 5.56 Å². The number of hydrogen-bond donors (Lipinski definition) is 2. The van der Waals surface area contributed by atoms with Crippen molar-refractivity contribution < 1.29 is 24.2 Å². The lowest BCUT2D eigenvalue weighted by atomic mass is 10.1. The molecule has 7 heteroatoms. The predicted octanol–water partition coefficient (Wildman–Crippen LogP) is 1.32. The van der Waals surface area contributed by atoms with Gasteiger partial charge in [-0.1, -0.05) is 0 Å². The van der Waals surface area contributed by atoms with E-state index in [1.165, 1.54) is 17.0 Å². The molecule has 0 spiro atoms. The Morgan fingerprint density at radius 2 is 1.74 bits per heavy atom. The second kappa shape index (κ2) is 5.13. The van der Waals surface area contributed by atoms with E-state index in [4.69, 9.17) is 10.2 Å². The van der Waals surface area contributed by atoms with Crippen LogP contribution < -0.4 is 4.90 Å². The zero-order valence-electron chi connectivity index (χ0n) is 10.0. The smallest absolute Gasteiger partial charge is 0.407 e. The maximum absolute atomic E-state index is 13.1. The molecule has 0 saturated carbocycles. The van der Waals surface area contributed by atoms with Gasteiger partial charge in [-0.2, -0.15) is 0 Å². The molecule has 2 rings (SSSR count). The zero-order valence-corrected chi connectivity index (χ0v) is 10.0. The Kier molecular flexibility index (Phi) is 3.55. The molecular weight excluding hydrogens is 255 g/mol. The van der Waals surface area contributed by atoms with Crippen LogP contribution in [0.25, 0.3) is 0 Å². The molecule has 0 atom stereocenters. The zero-order chi connectivity index (χ0) is 14.0. The quantitative estimate of drug-likeness (QED) is 0.845. The summed E-state index contributed by atoms with van der Waals surface area (Å²) in [5, 5.41) is 17.9. The number of hydrogen-bond acceptors (Lipinski definition) is 3. The van der Waals surface area contributed by atoms with Crippen molar-refractivity contribution in [2.45, 2.75) is 0 Å². The van der Waals surface area contributed by atoms with Gasteiger partial charge in [0.25, 0.3) is 0 Å². The molecule has 0 bridgehead atoms. The van der Waals surface area contributed by atoms with Crippen LogP contribution in [0.3, 0.4) is 0 Å². The van der Waals surface area contributed by atoms with Crippen molar-refractivity contribution in [3.8, 4) is 0 Å². The van der Waals surface area contributed by atoms with Gasteiger partial charge in [-0.15, -0.1) is 0 Å². The van der Waals surface area contributed by atoms with Crippen molar-refractivity contribution in [2.24, 2.45) is 0 Å². The molecule has 19 heavy (non-hydrogen) atoms. The molecule has 0 aromatic heterocycles. The molecule has 1 aliphatic rings. The summed E-state index contributed by atoms with van der Waals surface area (Å²) in [6.45, 7) is 1.37. The Bertz CT molecular complexity index is 512. The number of aromatic carboxylic acids is 1. The molecule has 0 aliphatic carbocycles. The number of rotatable bonds is 2.